The summed E-state index contributed by atoms with van der Waals surface area (Å²) >= 11 is 0. The lowest BCUT2D eigenvalue weighted by molar-refractivity contribution is 0.0289. The molecule has 1 unspecified atom stereocenters. The number of benzene rings is 2. The molecular formula is C21H26ClFN2O. The van der Waals surface area contributed by atoms with Gasteiger partial charge in [0, 0.05) is 38.4 Å². The first-order valence-electron chi connectivity index (χ1n) is 9.22. The van der Waals surface area contributed by atoms with Crippen LogP contribution in [-0.2, 0) is 11.2 Å². The number of anilines is 1. The maximum absolute atomic E-state index is 13.1. The van der Waals surface area contributed by atoms with Crippen LogP contribution in [0.25, 0.3) is 0 Å². The molecule has 1 atom stereocenters. The normalized spacial score (nSPS) is 20.3. The van der Waals surface area contributed by atoms with E-state index >= 15 is 0 Å². The second-order valence-corrected chi connectivity index (χ2v) is 6.90. The van der Waals surface area contributed by atoms with Gasteiger partial charge in [0.15, 0.2) is 0 Å². The van der Waals surface area contributed by atoms with Gasteiger partial charge in [0.25, 0.3) is 0 Å². The average molecular weight is 377 g/mol. The van der Waals surface area contributed by atoms with E-state index in [-0.39, 0.29) is 24.3 Å². The number of nitrogens with zero attached hydrogens (tertiary/aromatic N) is 2. The topological polar surface area (TPSA) is 15.7 Å². The molecule has 140 valence electrons. The molecule has 26 heavy (non-hydrogen) atoms. The highest BCUT2D eigenvalue weighted by atomic mass is 35.5. The Balaban J connectivity index is 0.00000196. The average Bonchev–Trinajstić information content (AvgIpc) is 2.67. The Morgan fingerprint density at radius 1 is 0.962 bits per heavy atom. The number of hydrogen-bond donors (Lipinski definition) is 0. The third kappa shape index (κ3) is 4.37. The summed E-state index contributed by atoms with van der Waals surface area (Å²) in [6.45, 7) is 5.98. The maximum atomic E-state index is 13.1. The van der Waals surface area contributed by atoms with Gasteiger partial charge in [-0.15, -0.1) is 12.4 Å². The largest absolute Gasteiger partial charge is 0.373 e. The Kier molecular flexibility index (Phi) is 6.52. The third-order valence-electron chi connectivity index (χ3n) is 5.36. The van der Waals surface area contributed by atoms with Gasteiger partial charge in [0.1, 0.15) is 5.82 Å². The first-order chi connectivity index (χ1) is 12.3. The van der Waals surface area contributed by atoms with Crippen molar-refractivity contribution in [2.24, 2.45) is 0 Å². The highest BCUT2D eigenvalue weighted by Gasteiger charge is 2.23. The summed E-state index contributed by atoms with van der Waals surface area (Å²) in [7, 11) is 0. The molecule has 0 saturated carbocycles. The van der Waals surface area contributed by atoms with Crippen molar-refractivity contribution in [3.8, 4) is 0 Å². The van der Waals surface area contributed by atoms with E-state index in [1.807, 2.05) is 12.1 Å². The van der Waals surface area contributed by atoms with Crippen LogP contribution in [0.4, 0.5) is 10.1 Å². The van der Waals surface area contributed by atoms with Gasteiger partial charge in [0.05, 0.1) is 12.7 Å². The molecule has 0 radical (unpaired) electrons. The monoisotopic (exact) mass is 376 g/mol. The Morgan fingerprint density at radius 3 is 2.46 bits per heavy atom. The van der Waals surface area contributed by atoms with Gasteiger partial charge in [-0.3, -0.25) is 4.90 Å². The minimum Gasteiger partial charge on any atom is -0.373 e. The fraction of sp³-hybridized carbons (Fsp3) is 0.429. The van der Waals surface area contributed by atoms with E-state index in [1.165, 1.54) is 11.1 Å². The van der Waals surface area contributed by atoms with Crippen molar-refractivity contribution in [2.45, 2.75) is 18.9 Å². The number of fused-ring (bicyclic) bond motifs is 1. The Hall–Kier alpha value is -1.62. The lowest BCUT2D eigenvalue weighted by Crippen LogP contribution is -2.46. The zero-order valence-corrected chi connectivity index (χ0v) is 15.8. The number of ether oxygens (including phenoxy) is 1. The molecule has 3 nitrogen and oxygen atoms in total. The summed E-state index contributed by atoms with van der Waals surface area (Å²) < 4.78 is 19.1. The van der Waals surface area contributed by atoms with Crippen LogP contribution in [-0.4, -0.2) is 44.2 Å². The van der Waals surface area contributed by atoms with Crippen LogP contribution >= 0.6 is 12.4 Å². The summed E-state index contributed by atoms with van der Waals surface area (Å²) in [5, 5.41) is 0. The predicted molar refractivity (Wildman–Crippen MR) is 106 cm³/mol. The molecule has 2 heterocycles. The Morgan fingerprint density at radius 2 is 1.69 bits per heavy atom. The molecule has 0 N–H and O–H groups in total. The van der Waals surface area contributed by atoms with E-state index < -0.39 is 0 Å². The van der Waals surface area contributed by atoms with E-state index in [4.69, 9.17) is 4.74 Å². The Bertz CT molecular complexity index is 701. The van der Waals surface area contributed by atoms with Crippen molar-refractivity contribution in [2.75, 3.05) is 44.2 Å². The van der Waals surface area contributed by atoms with Crippen molar-refractivity contribution < 1.29 is 9.13 Å². The quantitative estimate of drug-likeness (QED) is 0.799. The lowest BCUT2D eigenvalue weighted by Gasteiger charge is -2.37. The molecule has 2 aromatic carbocycles. The zero-order valence-electron chi connectivity index (χ0n) is 14.9. The van der Waals surface area contributed by atoms with Gasteiger partial charge in [-0.25, -0.2) is 4.39 Å². The van der Waals surface area contributed by atoms with Crippen LogP contribution in [0, 0.1) is 5.82 Å². The molecule has 0 bridgehead atoms. The van der Waals surface area contributed by atoms with Gasteiger partial charge < -0.3 is 9.64 Å². The number of rotatable bonds is 4. The molecule has 2 aromatic rings. The summed E-state index contributed by atoms with van der Waals surface area (Å²) in [4.78, 5) is 4.85. The lowest BCUT2D eigenvalue weighted by atomic mass is 9.95. The molecular weight excluding hydrogens is 351 g/mol. The van der Waals surface area contributed by atoms with Gasteiger partial charge in [-0.2, -0.15) is 0 Å². The minimum atomic E-state index is -0.171. The summed E-state index contributed by atoms with van der Waals surface area (Å²) in [6.07, 6.45) is 2.32. The molecule has 0 aliphatic carbocycles. The first kappa shape index (κ1) is 19.2. The maximum Gasteiger partial charge on any atom is 0.123 e. The molecule has 0 amide bonds. The Labute approximate surface area is 161 Å². The highest BCUT2D eigenvalue weighted by molar-refractivity contribution is 5.85. The summed E-state index contributed by atoms with van der Waals surface area (Å²) in [6, 6.07) is 15.5. The fourth-order valence-electron chi connectivity index (χ4n) is 3.90. The van der Waals surface area contributed by atoms with Crippen LogP contribution in [0.1, 0.15) is 23.7 Å². The van der Waals surface area contributed by atoms with E-state index in [2.05, 4.69) is 34.1 Å². The van der Waals surface area contributed by atoms with Crippen molar-refractivity contribution in [3.05, 3.63) is 65.5 Å². The third-order valence-corrected chi connectivity index (χ3v) is 5.36. The van der Waals surface area contributed by atoms with Gasteiger partial charge in [-0.1, -0.05) is 24.3 Å². The van der Waals surface area contributed by atoms with Crippen LogP contribution in [0.3, 0.4) is 0 Å². The molecule has 1 saturated heterocycles. The summed E-state index contributed by atoms with van der Waals surface area (Å²) in [5.41, 5.74) is 3.93. The predicted octanol–water partition coefficient (Wildman–Crippen LogP) is 4.07. The van der Waals surface area contributed by atoms with Crippen molar-refractivity contribution in [3.63, 3.8) is 0 Å². The first-order valence-corrected chi connectivity index (χ1v) is 9.22. The van der Waals surface area contributed by atoms with Gasteiger partial charge in [-0.05, 0) is 48.2 Å². The molecule has 4 rings (SSSR count). The minimum absolute atomic E-state index is 0. The zero-order chi connectivity index (χ0) is 17.1. The molecule has 0 aromatic heterocycles. The number of piperazine rings is 1. The second-order valence-electron chi connectivity index (χ2n) is 6.90. The van der Waals surface area contributed by atoms with Gasteiger partial charge in [0.2, 0.25) is 0 Å². The van der Waals surface area contributed by atoms with Gasteiger partial charge >= 0.3 is 0 Å². The van der Waals surface area contributed by atoms with Crippen LogP contribution in [0.2, 0.25) is 0 Å². The molecule has 0 spiro atoms. The van der Waals surface area contributed by atoms with E-state index in [0.29, 0.717) is 0 Å². The second kappa shape index (κ2) is 8.85. The van der Waals surface area contributed by atoms with Crippen LogP contribution < -0.4 is 4.90 Å². The smallest absolute Gasteiger partial charge is 0.123 e. The SMILES string of the molecule is Cl.Fc1ccc(N2CCN(CCC3OCCc4ccccc43)CC2)cc1. The highest BCUT2D eigenvalue weighted by Crippen LogP contribution is 2.29. The van der Waals surface area contributed by atoms with Crippen LogP contribution in [0.5, 0.6) is 0 Å². The van der Waals surface area contributed by atoms with Crippen molar-refractivity contribution in [1.82, 2.24) is 4.90 Å². The molecule has 5 heteroatoms. The molecule has 2 aliphatic heterocycles. The van der Waals surface area contributed by atoms with Crippen molar-refractivity contribution in [1.29, 1.82) is 0 Å². The number of hydrogen-bond acceptors (Lipinski definition) is 3. The summed E-state index contributed by atoms with van der Waals surface area (Å²) in [5.74, 6) is -0.171. The number of halogens is 2. The molecule has 1 fully saturated rings. The van der Waals surface area contributed by atoms with E-state index in [1.54, 1.807) is 12.1 Å². The van der Waals surface area contributed by atoms with E-state index in [9.17, 15) is 4.39 Å². The van der Waals surface area contributed by atoms with Crippen molar-refractivity contribution >= 4 is 18.1 Å². The van der Waals surface area contributed by atoms with E-state index in [0.717, 1.165) is 57.9 Å². The molecule has 2 aliphatic rings. The standard InChI is InChI=1S/C21H25FN2O.ClH/c22-18-5-7-19(8-6-18)24-14-12-23(13-15-24)11-9-21-20-4-2-1-3-17(20)10-16-25-21;/h1-8,21H,9-16H2;1H. The van der Waals surface area contributed by atoms with Crippen LogP contribution in [0.15, 0.2) is 48.5 Å². The fourth-order valence-corrected chi connectivity index (χ4v) is 3.90.